The first-order valence-electron chi connectivity index (χ1n) is 21.2. The second kappa shape index (κ2) is 39.2. The Bertz CT molecular complexity index is 1100. The fourth-order valence-electron chi connectivity index (χ4n) is 5.70. The zero-order valence-corrected chi connectivity index (χ0v) is 34.0. The first-order valence-corrected chi connectivity index (χ1v) is 21.2. The summed E-state index contributed by atoms with van der Waals surface area (Å²) in [6.07, 6.45) is 47.5. The van der Waals surface area contributed by atoms with Crippen molar-refractivity contribution in [3.05, 3.63) is 60.8 Å². The van der Waals surface area contributed by atoms with Crippen molar-refractivity contribution in [2.75, 3.05) is 13.2 Å². The van der Waals surface area contributed by atoms with Crippen molar-refractivity contribution in [1.29, 1.82) is 0 Å². The molecular formula is C45H76N2O7. The summed E-state index contributed by atoms with van der Waals surface area (Å²) in [6, 6.07) is -1.39. The summed E-state index contributed by atoms with van der Waals surface area (Å²) >= 11 is 0. The van der Waals surface area contributed by atoms with Gasteiger partial charge < -0.3 is 25.6 Å². The molecule has 9 nitrogen and oxygen atoms in total. The van der Waals surface area contributed by atoms with E-state index in [0.29, 0.717) is 12.8 Å². The van der Waals surface area contributed by atoms with Crippen molar-refractivity contribution in [1.82, 2.24) is 10.6 Å². The molecule has 54 heavy (non-hydrogen) atoms. The van der Waals surface area contributed by atoms with E-state index in [1.165, 1.54) is 83.5 Å². The Labute approximate surface area is 328 Å². The standard InChI is InChI=1S/C45H76N2O7/c1-3-5-7-9-10-11-12-13-14-15-16-17-18-19-20-21-22-23-24-29-33-37-44(51)54-40(34-30-26-8-6-4-2)35-31-27-25-28-32-36-42(49)46-38-43(50)47-41(39-48)45(52)53/h6,8,12-13,15-16,30-31,34-35,40-41,48H,3-5,7,9-11,14,17-29,32-33,36-39H2,1-2H3,(H,46,49)(H,47,50)(H,52,53)/b8-6-,13-12-,16-15-,34-30-,35-31-. The molecule has 0 saturated carbocycles. The molecule has 0 saturated heterocycles. The number of hydrogen-bond acceptors (Lipinski definition) is 6. The van der Waals surface area contributed by atoms with Crippen molar-refractivity contribution < 1.29 is 34.1 Å². The largest absolute Gasteiger partial charge is 0.480 e. The van der Waals surface area contributed by atoms with Crippen LogP contribution in [-0.2, 0) is 23.9 Å². The molecule has 0 aromatic rings. The van der Waals surface area contributed by atoms with E-state index in [0.717, 1.165) is 57.8 Å². The number of aliphatic hydroxyl groups is 1. The highest BCUT2D eigenvalue weighted by molar-refractivity contribution is 5.87. The summed E-state index contributed by atoms with van der Waals surface area (Å²) in [4.78, 5) is 47.2. The maximum absolute atomic E-state index is 12.6. The van der Waals surface area contributed by atoms with Gasteiger partial charge in [0, 0.05) is 12.8 Å². The maximum Gasteiger partial charge on any atom is 0.328 e. The van der Waals surface area contributed by atoms with E-state index >= 15 is 0 Å². The number of nitrogens with one attached hydrogen (secondary N) is 2. The lowest BCUT2D eigenvalue weighted by molar-refractivity contribution is -0.145. The van der Waals surface area contributed by atoms with Crippen LogP contribution in [0.4, 0.5) is 0 Å². The van der Waals surface area contributed by atoms with Crippen LogP contribution in [0, 0.1) is 0 Å². The first kappa shape index (κ1) is 50.5. The van der Waals surface area contributed by atoms with Crippen molar-refractivity contribution in [3.8, 4) is 0 Å². The second-order valence-corrected chi connectivity index (χ2v) is 14.0. The van der Waals surface area contributed by atoms with Crippen molar-refractivity contribution in [3.63, 3.8) is 0 Å². The molecule has 9 heteroatoms. The van der Waals surface area contributed by atoms with Gasteiger partial charge in [0.1, 0.15) is 12.1 Å². The fraction of sp³-hybridized carbons (Fsp3) is 0.689. The van der Waals surface area contributed by atoms with Gasteiger partial charge in [0.25, 0.3) is 0 Å². The van der Waals surface area contributed by atoms with E-state index in [1.54, 1.807) is 0 Å². The van der Waals surface area contributed by atoms with Crippen LogP contribution < -0.4 is 10.6 Å². The zero-order chi connectivity index (χ0) is 39.7. The number of aliphatic carboxylic acids is 1. The van der Waals surface area contributed by atoms with Gasteiger partial charge in [-0.25, -0.2) is 4.79 Å². The summed E-state index contributed by atoms with van der Waals surface area (Å²) in [6.45, 7) is 3.28. The van der Waals surface area contributed by atoms with E-state index in [4.69, 9.17) is 14.9 Å². The molecule has 0 aromatic heterocycles. The number of hydrogen-bond donors (Lipinski definition) is 4. The lowest BCUT2D eigenvalue weighted by Gasteiger charge is -2.12. The molecule has 2 amide bonds. The number of rotatable bonds is 37. The predicted octanol–water partition coefficient (Wildman–Crippen LogP) is 10.1. The topological polar surface area (TPSA) is 142 Å². The third-order valence-electron chi connectivity index (χ3n) is 8.96. The second-order valence-electron chi connectivity index (χ2n) is 14.0. The minimum Gasteiger partial charge on any atom is -0.480 e. The average Bonchev–Trinajstić information content (AvgIpc) is 3.15. The molecule has 0 aliphatic rings. The fourth-order valence-corrected chi connectivity index (χ4v) is 5.70. The molecule has 0 aromatic carbocycles. The van der Waals surface area contributed by atoms with Gasteiger partial charge in [0.05, 0.1) is 13.2 Å². The smallest absolute Gasteiger partial charge is 0.328 e. The Morgan fingerprint density at radius 3 is 1.67 bits per heavy atom. The lowest BCUT2D eigenvalue weighted by Crippen LogP contribution is -2.47. The molecule has 0 aliphatic heterocycles. The van der Waals surface area contributed by atoms with Gasteiger partial charge >= 0.3 is 11.9 Å². The Kier molecular flexibility index (Phi) is 36.7. The third-order valence-corrected chi connectivity index (χ3v) is 8.96. The van der Waals surface area contributed by atoms with E-state index in [-0.39, 0.29) is 24.8 Å². The Hall–Kier alpha value is -3.46. The molecule has 0 bridgehead atoms. The summed E-state index contributed by atoms with van der Waals surface area (Å²) < 4.78 is 5.77. The molecule has 2 unspecified atom stereocenters. The van der Waals surface area contributed by atoms with E-state index in [1.807, 2.05) is 24.3 Å². The van der Waals surface area contributed by atoms with Crippen LogP contribution in [0.15, 0.2) is 60.8 Å². The van der Waals surface area contributed by atoms with Gasteiger partial charge in [-0.2, -0.15) is 0 Å². The molecule has 2 atom stereocenters. The highest BCUT2D eigenvalue weighted by Gasteiger charge is 2.18. The number of carbonyl (C=O) groups excluding carboxylic acids is 3. The average molecular weight is 757 g/mol. The number of esters is 1. The first-order chi connectivity index (χ1) is 26.3. The Morgan fingerprint density at radius 2 is 1.07 bits per heavy atom. The van der Waals surface area contributed by atoms with Gasteiger partial charge in [-0.15, -0.1) is 0 Å². The summed E-state index contributed by atoms with van der Waals surface area (Å²) in [5.41, 5.74) is 0. The van der Waals surface area contributed by atoms with Gasteiger partial charge in [0.2, 0.25) is 11.8 Å². The lowest BCUT2D eigenvalue weighted by atomic mass is 10.1. The minimum absolute atomic E-state index is 0.171. The van der Waals surface area contributed by atoms with E-state index in [2.05, 4.69) is 60.9 Å². The number of ether oxygens (including phenoxy) is 1. The molecule has 0 heterocycles. The van der Waals surface area contributed by atoms with Crippen LogP contribution in [0.1, 0.15) is 174 Å². The third kappa shape index (κ3) is 35.6. The SMILES string of the molecule is CC/C=C\C/C=C\C(/C=C\CCCCCC(=O)NCC(=O)NC(CO)C(=O)O)OC(=O)CCCCCCCCCCC/C=C\C/C=C\CCCCCCC. The van der Waals surface area contributed by atoms with Crippen molar-refractivity contribution in [2.45, 2.75) is 187 Å². The number of allylic oxidation sites excluding steroid dienone is 8. The number of carbonyl (C=O) groups is 4. The molecule has 0 radical (unpaired) electrons. The summed E-state index contributed by atoms with van der Waals surface area (Å²) in [7, 11) is 0. The summed E-state index contributed by atoms with van der Waals surface area (Å²) in [5, 5.41) is 22.4. The minimum atomic E-state index is -1.39. The molecule has 0 fully saturated rings. The number of unbranched alkanes of at least 4 members (excludes halogenated alkanes) is 17. The number of amides is 2. The molecule has 4 N–H and O–H groups in total. The predicted molar refractivity (Wildman–Crippen MR) is 222 cm³/mol. The van der Waals surface area contributed by atoms with Gasteiger partial charge in [-0.3, -0.25) is 14.4 Å². The number of aliphatic hydroxyl groups excluding tert-OH is 1. The number of carboxylic acid groups (broad SMARTS) is 1. The van der Waals surface area contributed by atoms with Gasteiger partial charge in [0.15, 0.2) is 0 Å². The quantitative estimate of drug-likeness (QED) is 0.0281. The van der Waals surface area contributed by atoms with Crippen LogP contribution in [-0.4, -0.2) is 59.3 Å². The normalized spacial score (nSPS) is 13.1. The van der Waals surface area contributed by atoms with Gasteiger partial charge in [-0.05, 0) is 82.8 Å². The van der Waals surface area contributed by atoms with Crippen LogP contribution in [0.3, 0.4) is 0 Å². The Morgan fingerprint density at radius 1 is 0.574 bits per heavy atom. The highest BCUT2D eigenvalue weighted by Crippen LogP contribution is 2.13. The van der Waals surface area contributed by atoms with Gasteiger partial charge in [-0.1, -0.05) is 140 Å². The zero-order valence-electron chi connectivity index (χ0n) is 34.0. The highest BCUT2D eigenvalue weighted by atomic mass is 16.5. The van der Waals surface area contributed by atoms with Crippen molar-refractivity contribution >= 4 is 23.8 Å². The monoisotopic (exact) mass is 757 g/mol. The van der Waals surface area contributed by atoms with Crippen LogP contribution in [0.5, 0.6) is 0 Å². The van der Waals surface area contributed by atoms with Crippen LogP contribution in [0.25, 0.3) is 0 Å². The van der Waals surface area contributed by atoms with E-state index < -0.39 is 30.6 Å². The molecule has 0 aliphatic carbocycles. The maximum atomic E-state index is 12.6. The Balaban J connectivity index is 4.09. The molecule has 308 valence electrons. The van der Waals surface area contributed by atoms with Crippen LogP contribution in [0.2, 0.25) is 0 Å². The van der Waals surface area contributed by atoms with Crippen molar-refractivity contribution in [2.24, 2.45) is 0 Å². The molecular weight excluding hydrogens is 681 g/mol. The summed E-state index contributed by atoms with van der Waals surface area (Å²) in [5.74, 6) is -2.48. The molecule has 0 rings (SSSR count). The van der Waals surface area contributed by atoms with Crippen LogP contribution >= 0.6 is 0 Å². The number of carboxylic acids is 1. The molecule has 0 spiro atoms. The van der Waals surface area contributed by atoms with E-state index in [9.17, 15) is 19.2 Å².